The molecule has 0 spiro atoms. The van der Waals surface area contributed by atoms with Crippen LogP contribution in [0.15, 0.2) is 0 Å². The van der Waals surface area contributed by atoms with Gasteiger partial charge in [-0.15, -0.1) is 0 Å². The molecular formula is C14H26N2O2. The van der Waals surface area contributed by atoms with Gasteiger partial charge in [-0.2, -0.15) is 0 Å². The van der Waals surface area contributed by atoms with E-state index in [0.717, 1.165) is 25.7 Å². The van der Waals surface area contributed by atoms with Gasteiger partial charge < -0.3 is 15.7 Å². The van der Waals surface area contributed by atoms with Crippen LogP contribution in [0.4, 0.5) is 0 Å². The molecule has 0 aliphatic heterocycles. The van der Waals surface area contributed by atoms with Crippen LogP contribution in [-0.2, 0) is 4.79 Å². The van der Waals surface area contributed by atoms with E-state index in [1.807, 2.05) is 0 Å². The average Bonchev–Trinajstić information content (AvgIpc) is 2.89. The molecule has 3 N–H and O–H groups in total. The predicted octanol–water partition coefficient (Wildman–Crippen LogP) is 1.19. The topological polar surface area (TPSA) is 61.4 Å². The molecule has 0 heterocycles. The minimum absolute atomic E-state index is 0.115. The summed E-state index contributed by atoms with van der Waals surface area (Å²) in [6.45, 7) is 0.638. The number of carbonyl (C=O) groups is 1. The van der Waals surface area contributed by atoms with E-state index in [1.54, 1.807) is 0 Å². The van der Waals surface area contributed by atoms with Gasteiger partial charge in [0, 0.05) is 18.7 Å². The Morgan fingerprint density at radius 2 is 1.72 bits per heavy atom. The molecule has 2 unspecified atom stereocenters. The van der Waals surface area contributed by atoms with Crippen LogP contribution in [0.2, 0.25) is 0 Å². The van der Waals surface area contributed by atoms with Crippen molar-refractivity contribution in [2.75, 3.05) is 13.2 Å². The van der Waals surface area contributed by atoms with Crippen molar-refractivity contribution in [3.63, 3.8) is 0 Å². The molecule has 2 fully saturated rings. The third kappa shape index (κ3) is 3.95. The lowest BCUT2D eigenvalue weighted by Crippen LogP contribution is -2.46. The average molecular weight is 254 g/mol. The minimum atomic E-state index is 0.115. The summed E-state index contributed by atoms with van der Waals surface area (Å²) in [6.07, 6.45) is 9.33. The summed E-state index contributed by atoms with van der Waals surface area (Å²) in [5, 5.41) is 15.7. The molecule has 0 saturated heterocycles. The van der Waals surface area contributed by atoms with Gasteiger partial charge in [0.05, 0.1) is 6.54 Å². The Morgan fingerprint density at radius 1 is 1.06 bits per heavy atom. The molecule has 0 aromatic heterocycles. The van der Waals surface area contributed by atoms with Crippen LogP contribution in [0.5, 0.6) is 0 Å². The number of aliphatic hydroxyl groups is 1. The first kappa shape index (κ1) is 13.8. The molecular weight excluding hydrogens is 228 g/mol. The van der Waals surface area contributed by atoms with Gasteiger partial charge in [0.15, 0.2) is 0 Å². The summed E-state index contributed by atoms with van der Waals surface area (Å²) in [7, 11) is 0. The molecule has 104 valence electrons. The van der Waals surface area contributed by atoms with Gasteiger partial charge in [-0.05, 0) is 31.6 Å². The van der Waals surface area contributed by atoms with E-state index in [9.17, 15) is 9.90 Å². The lowest BCUT2D eigenvalue weighted by Gasteiger charge is -2.31. The van der Waals surface area contributed by atoms with E-state index >= 15 is 0 Å². The second-order valence-electron chi connectivity index (χ2n) is 5.76. The standard InChI is InChI=1S/C14H26N2O2/c17-10-11-5-1-4-8-13(11)15-9-14(18)16-12-6-2-3-7-12/h11-13,15,17H,1-10H2,(H,16,18). The van der Waals surface area contributed by atoms with Gasteiger partial charge in [-0.25, -0.2) is 0 Å². The van der Waals surface area contributed by atoms with Crippen LogP contribution < -0.4 is 10.6 Å². The van der Waals surface area contributed by atoms with E-state index in [4.69, 9.17) is 0 Å². The van der Waals surface area contributed by atoms with Crippen molar-refractivity contribution < 1.29 is 9.90 Å². The van der Waals surface area contributed by atoms with Gasteiger partial charge in [0.25, 0.3) is 0 Å². The molecule has 4 nitrogen and oxygen atoms in total. The number of hydrogen-bond donors (Lipinski definition) is 3. The summed E-state index contributed by atoms with van der Waals surface area (Å²) >= 11 is 0. The van der Waals surface area contributed by atoms with Crippen molar-refractivity contribution >= 4 is 5.91 Å². The normalized spacial score (nSPS) is 29.4. The summed E-state index contributed by atoms with van der Waals surface area (Å²) in [6, 6.07) is 0.720. The molecule has 2 aliphatic rings. The lowest BCUT2D eigenvalue weighted by molar-refractivity contribution is -0.121. The lowest BCUT2D eigenvalue weighted by atomic mass is 9.85. The van der Waals surface area contributed by atoms with Crippen molar-refractivity contribution in [1.29, 1.82) is 0 Å². The zero-order valence-corrected chi connectivity index (χ0v) is 11.2. The first-order valence-electron chi connectivity index (χ1n) is 7.43. The van der Waals surface area contributed by atoms with Gasteiger partial charge >= 0.3 is 0 Å². The molecule has 1 amide bonds. The van der Waals surface area contributed by atoms with Crippen LogP contribution in [0.25, 0.3) is 0 Å². The van der Waals surface area contributed by atoms with E-state index in [-0.39, 0.29) is 12.5 Å². The Kier molecular flexibility index (Phi) is 5.45. The van der Waals surface area contributed by atoms with E-state index in [0.29, 0.717) is 24.5 Å². The second kappa shape index (κ2) is 7.10. The maximum absolute atomic E-state index is 11.8. The zero-order valence-electron chi connectivity index (χ0n) is 11.2. The second-order valence-corrected chi connectivity index (χ2v) is 5.76. The maximum atomic E-state index is 11.8. The smallest absolute Gasteiger partial charge is 0.234 e. The van der Waals surface area contributed by atoms with Gasteiger partial charge in [0.2, 0.25) is 5.91 Å². The van der Waals surface area contributed by atoms with Crippen molar-refractivity contribution in [3.05, 3.63) is 0 Å². The van der Waals surface area contributed by atoms with Crippen molar-refractivity contribution in [3.8, 4) is 0 Å². The predicted molar refractivity (Wildman–Crippen MR) is 71.2 cm³/mol. The molecule has 0 aromatic rings. The van der Waals surface area contributed by atoms with Gasteiger partial charge in [-0.3, -0.25) is 4.79 Å². The molecule has 4 heteroatoms. The molecule has 2 rings (SSSR count). The zero-order chi connectivity index (χ0) is 12.8. The van der Waals surface area contributed by atoms with E-state index in [2.05, 4.69) is 10.6 Å². The Morgan fingerprint density at radius 3 is 2.44 bits per heavy atom. The summed E-state index contributed by atoms with van der Waals surface area (Å²) < 4.78 is 0. The number of aliphatic hydroxyl groups excluding tert-OH is 1. The highest BCUT2D eigenvalue weighted by Crippen LogP contribution is 2.23. The molecule has 0 radical (unpaired) electrons. The van der Waals surface area contributed by atoms with Crippen LogP contribution >= 0.6 is 0 Å². The Hall–Kier alpha value is -0.610. The van der Waals surface area contributed by atoms with Crippen molar-refractivity contribution in [1.82, 2.24) is 10.6 Å². The highest BCUT2D eigenvalue weighted by Gasteiger charge is 2.25. The number of hydrogen-bond acceptors (Lipinski definition) is 3. The van der Waals surface area contributed by atoms with E-state index < -0.39 is 0 Å². The first-order chi connectivity index (χ1) is 8.79. The summed E-state index contributed by atoms with van der Waals surface area (Å²) in [4.78, 5) is 11.8. The Balaban J connectivity index is 1.67. The van der Waals surface area contributed by atoms with Gasteiger partial charge in [-0.1, -0.05) is 25.7 Å². The Bertz CT molecular complexity index is 265. The largest absolute Gasteiger partial charge is 0.396 e. The quantitative estimate of drug-likeness (QED) is 0.690. The molecule has 0 aromatic carbocycles. The van der Waals surface area contributed by atoms with Crippen LogP contribution in [0, 0.1) is 5.92 Å². The number of amides is 1. The van der Waals surface area contributed by atoms with Crippen molar-refractivity contribution in [2.24, 2.45) is 5.92 Å². The van der Waals surface area contributed by atoms with E-state index in [1.165, 1.54) is 25.7 Å². The highest BCUT2D eigenvalue weighted by atomic mass is 16.3. The highest BCUT2D eigenvalue weighted by molar-refractivity contribution is 5.78. The third-order valence-corrected chi connectivity index (χ3v) is 4.39. The van der Waals surface area contributed by atoms with Crippen molar-refractivity contribution in [2.45, 2.75) is 63.5 Å². The monoisotopic (exact) mass is 254 g/mol. The number of nitrogens with one attached hydrogen (secondary N) is 2. The summed E-state index contributed by atoms with van der Waals surface area (Å²) in [5.74, 6) is 0.446. The molecule has 18 heavy (non-hydrogen) atoms. The number of carbonyl (C=O) groups excluding carboxylic acids is 1. The van der Waals surface area contributed by atoms with Crippen LogP contribution in [-0.4, -0.2) is 36.2 Å². The van der Waals surface area contributed by atoms with Gasteiger partial charge in [0.1, 0.15) is 0 Å². The molecule has 2 atom stereocenters. The first-order valence-corrected chi connectivity index (χ1v) is 7.43. The third-order valence-electron chi connectivity index (χ3n) is 4.39. The fourth-order valence-electron chi connectivity index (χ4n) is 3.27. The fraction of sp³-hybridized carbons (Fsp3) is 0.929. The SMILES string of the molecule is O=C(CNC1CCCCC1CO)NC1CCCC1. The molecule has 2 aliphatic carbocycles. The molecule has 2 saturated carbocycles. The van der Waals surface area contributed by atoms with Crippen LogP contribution in [0.1, 0.15) is 51.4 Å². The van der Waals surface area contributed by atoms with Crippen LogP contribution in [0.3, 0.4) is 0 Å². The molecule has 0 bridgehead atoms. The Labute approximate surface area is 110 Å². The summed E-state index contributed by atoms with van der Waals surface area (Å²) in [5.41, 5.74) is 0. The minimum Gasteiger partial charge on any atom is -0.396 e. The maximum Gasteiger partial charge on any atom is 0.234 e. The fourth-order valence-corrected chi connectivity index (χ4v) is 3.27. The number of rotatable bonds is 5.